The molecule has 0 aliphatic heterocycles. The molecule has 0 fully saturated rings. The molecule has 1 unspecified atom stereocenters. The molecule has 0 spiro atoms. The Hall–Kier alpha value is -1.43. The van der Waals surface area contributed by atoms with Crippen molar-refractivity contribution in [3.63, 3.8) is 0 Å². The van der Waals surface area contributed by atoms with Crippen LogP contribution in [0, 0.1) is 0 Å². The third-order valence-corrected chi connectivity index (χ3v) is 4.87. The summed E-state index contributed by atoms with van der Waals surface area (Å²) in [6.07, 6.45) is 2.81. The Labute approximate surface area is 130 Å². The van der Waals surface area contributed by atoms with Gasteiger partial charge >= 0.3 is 0 Å². The van der Waals surface area contributed by atoms with Crippen molar-refractivity contribution in [3.05, 3.63) is 59.4 Å². The second-order valence-corrected chi connectivity index (χ2v) is 6.96. The Morgan fingerprint density at radius 3 is 2.52 bits per heavy atom. The fourth-order valence-corrected chi connectivity index (χ4v) is 3.27. The molecule has 0 saturated heterocycles. The Kier molecular flexibility index (Phi) is 5.33. The Balaban J connectivity index is 1.95. The maximum Gasteiger partial charge on any atom is 0.242 e. The van der Waals surface area contributed by atoms with Gasteiger partial charge < -0.3 is 0 Å². The van der Waals surface area contributed by atoms with E-state index < -0.39 is 10.0 Å². The van der Waals surface area contributed by atoms with Crippen LogP contribution in [0.4, 0.5) is 0 Å². The van der Waals surface area contributed by atoms with Crippen LogP contribution in [-0.2, 0) is 16.4 Å². The number of aromatic nitrogens is 1. The first kappa shape index (κ1) is 15.9. The number of nitrogens with one attached hydrogen (secondary N) is 1. The van der Waals surface area contributed by atoms with Crippen molar-refractivity contribution in [1.82, 2.24) is 9.71 Å². The maximum absolute atomic E-state index is 12.2. The Morgan fingerprint density at radius 1 is 1.19 bits per heavy atom. The number of hydrogen-bond donors (Lipinski definition) is 1. The predicted octanol–water partition coefficient (Wildman–Crippen LogP) is 3.03. The first-order valence-electron chi connectivity index (χ1n) is 6.65. The van der Waals surface area contributed by atoms with Gasteiger partial charge in [0, 0.05) is 12.2 Å². The van der Waals surface area contributed by atoms with Crippen molar-refractivity contribution in [2.24, 2.45) is 0 Å². The van der Waals surface area contributed by atoms with Crippen LogP contribution in [-0.4, -0.2) is 19.4 Å². The molecule has 2 aromatic rings. The summed E-state index contributed by atoms with van der Waals surface area (Å²) in [5.41, 5.74) is 1.19. The summed E-state index contributed by atoms with van der Waals surface area (Å²) in [5, 5.41) is 0.270. The molecular formula is C15H17ClN2O2S. The van der Waals surface area contributed by atoms with Crippen LogP contribution < -0.4 is 4.72 Å². The highest BCUT2D eigenvalue weighted by atomic mass is 35.5. The molecule has 1 N–H and O–H groups in total. The predicted molar refractivity (Wildman–Crippen MR) is 83.8 cm³/mol. The van der Waals surface area contributed by atoms with Crippen LogP contribution in [0.2, 0.25) is 5.15 Å². The van der Waals surface area contributed by atoms with Crippen molar-refractivity contribution >= 4 is 21.6 Å². The van der Waals surface area contributed by atoms with Crippen LogP contribution >= 0.6 is 11.6 Å². The van der Waals surface area contributed by atoms with Gasteiger partial charge in [-0.25, -0.2) is 18.1 Å². The minimum Gasteiger partial charge on any atom is -0.243 e. The highest BCUT2D eigenvalue weighted by molar-refractivity contribution is 7.89. The van der Waals surface area contributed by atoms with Gasteiger partial charge in [0.2, 0.25) is 10.0 Å². The molecule has 6 heteroatoms. The second kappa shape index (κ2) is 7.02. The molecule has 4 nitrogen and oxygen atoms in total. The van der Waals surface area contributed by atoms with E-state index in [1.807, 2.05) is 37.3 Å². The van der Waals surface area contributed by atoms with Crippen molar-refractivity contribution in [2.45, 2.75) is 30.7 Å². The minimum absolute atomic E-state index is 0.124. The third-order valence-electron chi connectivity index (χ3n) is 3.08. The monoisotopic (exact) mass is 324 g/mol. The van der Waals surface area contributed by atoms with E-state index in [1.165, 1.54) is 23.9 Å². The van der Waals surface area contributed by atoms with Crippen LogP contribution in [0.15, 0.2) is 53.6 Å². The first-order valence-corrected chi connectivity index (χ1v) is 8.51. The third kappa shape index (κ3) is 4.81. The first-order chi connectivity index (χ1) is 9.97. The molecule has 0 radical (unpaired) electrons. The van der Waals surface area contributed by atoms with Crippen molar-refractivity contribution in [1.29, 1.82) is 0 Å². The number of halogens is 1. The number of hydrogen-bond acceptors (Lipinski definition) is 3. The smallest absolute Gasteiger partial charge is 0.242 e. The van der Waals surface area contributed by atoms with Gasteiger partial charge in [-0.05, 0) is 37.5 Å². The molecule has 0 bridgehead atoms. The Bertz CT molecular complexity index is 673. The normalized spacial score (nSPS) is 13.0. The number of benzene rings is 1. The van der Waals surface area contributed by atoms with Gasteiger partial charge in [0.1, 0.15) is 10.0 Å². The summed E-state index contributed by atoms with van der Waals surface area (Å²) in [5.74, 6) is 0. The molecule has 0 aliphatic rings. The van der Waals surface area contributed by atoms with Gasteiger partial charge in [0.25, 0.3) is 0 Å². The van der Waals surface area contributed by atoms with Gasteiger partial charge in [0.05, 0.1) is 0 Å². The van der Waals surface area contributed by atoms with Crippen molar-refractivity contribution in [2.75, 3.05) is 0 Å². The van der Waals surface area contributed by atoms with Crippen LogP contribution in [0.3, 0.4) is 0 Å². The van der Waals surface area contributed by atoms with Crippen LogP contribution in [0.25, 0.3) is 0 Å². The molecule has 112 valence electrons. The lowest BCUT2D eigenvalue weighted by atomic mass is 10.1. The zero-order valence-corrected chi connectivity index (χ0v) is 13.2. The minimum atomic E-state index is -3.55. The molecule has 0 aliphatic carbocycles. The summed E-state index contributed by atoms with van der Waals surface area (Å²) in [6.45, 7) is 1.85. The molecule has 1 aromatic carbocycles. The molecule has 1 heterocycles. The van der Waals surface area contributed by atoms with E-state index in [4.69, 9.17) is 11.6 Å². The number of sulfonamides is 1. The highest BCUT2D eigenvalue weighted by Crippen LogP contribution is 2.12. The summed E-state index contributed by atoms with van der Waals surface area (Å²) < 4.78 is 27.0. The van der Waals surface area contributed by atoms with Crippen LogP contribution in [0.1, 0.15) is 18.9 Å². The highest BCUT2D eigenvalue weighted by Gasteiger charge is 2.17. The van der Waals surface area contributed by atoms with E-state index >= 15 is 0 Å². The summed E-state index contributed by atoms with van der Waals surface area (Å²) in [7, 11) is -3.55. The van der Waals surface area contributed by atoms with E-state index in [0.29, 0.717) is 0 Å². The summed E-state index contributed by atoms with van der Waals surface area (Å²) in [4.78, 5) is 3.92. The van der Waals surface area contributed by atoms with Gasteiger partial charge in [0.15, 0.2) is 0 Å². The molecule has 2 rings (SSSR count). The number of rotatable bonds is 6. The van der Waals surface area contributed by atoms with E-state index in [1.54, 1.807) is 0 Å². The zero-order valence-electron chi connectivity index (χ0n) is 11.7. The van der Waals surface area contributed by atoms with Gasteiger partial charge in [-0.15, -0.1) is 0 Å². The fraction of sp³-hybridized carbons (Fsp3) is 0.267. The van der Waals surface area contributed by atoms with E-state index in [9.17, 15) is 8.42 Å². The Morgan fingerprint density at radius 2 is 1.90 bits per heavy atom. The topological polar surface area (TPSA) is 59.1 Å². The number of aryl methyl sites for hydroxylation is 1. The van der Waals surface area contributed by atoms with Gasteiger partial charge in [-0.2, -0.15) is 0 Å². The lowest BCUT2D eigenvalue weighted by molar-refractivity contribution is 0.546. The lowest BCUT2D eigenvalue weighted by Gasteiger charge is -2.14. The standard InChI is InChI=1S/C15H17ClN2O2S/c1-12(7-8-13-5-3-2-4-6-13)18-21(19,20)14-9-10-15(16)17-11-14/h2-6,9-12,18H,7-8H2,1H3. The molecular weight excluding hydrogens is 308 g/mol. The maximum atomic E-state index is 12.2. The molecule has 0 saturated carbocycles. The summed E-state index contributed by atoms with van der Waals surface area (Å²) in [6, 6.07) is 12.7. The molecule has 1 atom stereocenters. The van der Waals surface area contributed by atoms with Gasteiger partial charge in [-0.1, -0.05) is 41.9 Å². The number of pyridine rings is 1. The van der Waals surface area contributed by atoms with Crippen LogP contribution in [0.5, 0.6) is 0 Å². The molecule has 21 heavy (non-hydrogen) atoms. The SMILES string of the molecule is CC(CCc1ccccc1)NS(=O)(=O)c1ccc(Cl)nc1. The second-order valence-electron chi connectivity index (χ2n) is 4.86. The average molecular weight is 325 g/mol. The number of nitrogens with zero attached hydrogens (tertiary/aromatic N) is 1. The average Bonchev–Trinajstić information content (AvgIpc) is 2.46. The quantitative estimate of drug-likeness (QED) is 0.831. The van der Waals surface area contributed by atoms with Gasteiger partial charge in [-0.3, -0.25) is 0 Å². The van der Waals surface area contributed by atoms with E-state index in [-0.39, 0.29) is 16.1 Å². The zero-order chi connectivity index (χ0) is 15.3. The molecule has 1 aromatic heterocycles. The van der Waals surface area contributed by atoms with E-state index in [0.717, 1.165) is 12.8 Å². The fourth-order valence-electron chi connectivity index (χ4n) is 1.94. The lowest BCUT2D eigenvalue weighted by Crippen LogP contribution is -2.33. The summed E-state index contributed by atoms with van der Waals surface area (Å²) >= 11 is 5.66. The van der Waals surface area contributed by atoms with E-state index in [2.05, 4.69) is 9.71 Å². The van der Waals surface area contributed by atoms with Crippen molar-refractivity contribution < 1.29 is 8.42 Å². The van der Waals surface area contributed by atoms with Crippen molar-refractivity contribution in [3.8, 4) is 0 Å². The molecule has 0 amide bonds. The largest absolute Gasteiger partial charge is 0.243 e.